The predicted octanol–water partition coefficient (Wildman–Crippen LogP) is 3.93. The van der Waals surface area contributed by atoms with Crippen molar-refractivity contribution in [3.05, 3.63) is 59.7 Å². The van der Waals surface area contributed by atoms with Crippen LogP contribution in [0, 0.1) is 0 Å². The molecule has 0 unspecified atom stereocenters. The predicted molar refractivity (Wildman–Crippen MR) is 96.7 cm³/mol. The molecule has 1 amide bonds. The normalized spacial score (nSPS) is 12.7. The van der Waals surface area contributed by atoms with Gasteiger partial charge in [-0.1, -0.05) is 36.3 Å². The first-order valence-corrected chi connectivity index (χ1v) is 8.50. The molecule has 3 aromatic rings. The lowest BCUT2D eigenvalue weighted by atomic mass is 10.1. The lowest BCUT2D eigenvalue weighted by Crippen LogP contribution is -2.17. The zero-order valence-electron chi connectivity index (χ0n) is 14.3. The van der Waals surface area contributed by atoms with Crippen LogP contribution in [0.15, 0.2) is 53.1 Å². The number of aryl methyl sites for hydroxylation is 1. The highest BCUT2D eigenvalue weighted by Gasteiger charge is 2.16. The van der Waals surface area contributed by atoms with E-state index in [2.05, 4.69) is 29.5 Å². The summed E-state index contributed by atoms with van der Waals surface area (Å²) in [6.45, 7) is 3.09. The fourth-order valence-corrected chi connectivity index (χ4v) is 2.75. The fraction of sp³-hybridized carbons (Fsp3) is 0.200. The van der Waals surface area contributed by atoms with Gasteiger partial charge in [-0.3, -0.25) is 10.1 Å². The molecule has 1 aromatic heterocycles. The monoisotopic (exact) mass is 350 g/mol. The number of benzene rings is 2. The Bertz CT molecular complexity index is 931. The number of carbonyl (C=O) groups excluding carboxylic acids is 1. The van der Waals surface area contributed by atoms with Crippen molar-refractivity contribution >= 4 is 11.8 Å². The van der Waals surface area contributed by atoms with Gasteiger partial charge in [-0.15, -0.1) is 0 Å². The highest BCUT2D eigenvalue weighted by atomic mass is 16.6. The maximum absolute atomic E-state index is 12.4. The van der Waals surface area contributed by atoms with E-state index in [-0.39, 0.29) is 5.91 Å². The molecule has 0 aliphatic carbocycles. The first-order chi connectivity index (χ1) is 12.7. The summed E-state index contributed by atoms with van der Waals surface area (Å²) in [6.07, 6.45) is 0.982. The highest BCUT2D eigenvalue weighted by Crippen LogP contribution is 2.31. The molecule has 0 atom stereocenters. The summed E-state index contributed by atoms with van der Waals surface area (Å²) >= 11 is 0. The van der Waals surface area contributed by atoms with Crippen LogP contribution >= 0.6 is 0 Å². The lowest BCUT2D eigenvalue weighted by Gasteiger charge is -2.18. The van der Waals surface area contributed by atoms with Gasteiger partial charge in [-0.25, -0.2) is 0 Å². The van der Waals surface area contributed by atoms with Gasteiger partial charge in [0.2, 0.25) is 5.88 Å². The molecular formula is C20H18N2O4. The molecule has 0 radical (unpaired) electrons. The SMILES string of the molecule is CCc1ccc(-c2cc(NC(=O)c3ccc4c(c3)OCCO4)on2)cc1. The van der Waals surface area contributed by atoms with Gasteiger partial charge in [0, 0.05) is 17.2 Å². The molecule has 0 bridgehead atoms. The quantitative estimate of drug-likeness (QED) is 0.772. The number of hydrogen-bond acceptors (Lipinski definition) is 5. The van der Waals surface area contributed by atoms with E-state index in [0.717, 1.165) is 12.0 Å². The molecule has 2 heterocycles. The van der Waals surface area contributed by atoms with E-state index in [0.29, 0.717) is 41.9 Å². The van der Waals surface area contributed by atoms with Crippen molar-refractivity contribution in [3.8, 4) is 22.8 Å². The molecule has 0 spiro atoms. The molecule has 2 aromatic carbocycles. The van der Waals surface area contributed by atoms with E-state index in [1.807, 2.05) is 12.1 Å². The molecule has 0 saturated heterocycles. The summed E-state index contributed by atoms with van der Waals surface area (Å²) in [5.41, 5.74) is 3.32. The maximum Gasteiger partial charge on any atom is 0.258 e. The third kappa shape index (κ3) is 3.26. The summed E-state index contributed by atoms with van der Waals surface area (Å²) in [5, 5.41) is 6.74. The van der Waals surface area contributed by atoms with Crippen molar-refractivity contribution < 1.29 is 18.8 Å². The zero-order valence-corrected chi connectivity index (χ0v) is 14.3. The first kappa shape index (κ1) is 16.2. The molecule has 6 nitrogen and oxygen atoms in total. The second kappa shape index (κ2) is 6.92. The number of amides is 1. The van der Waals surface area contributed by atoms with Crippen molar-refractivity contribution in [1.29, 1.82) is 0 Å². The largest absolute Gasteiger partial charge is 0.486 e. The van der Waals surface area contributed by atoms with E-state index in [1.54, 1.807) is 24.3 Å². The third-order valence-corrected chi connectivity index (χ3v) is 4.21. The van der Waals surface area contributed by atoms with Gasteiger partial charge in [-0.2, -0.15) is 0 Å². The number of nitrogens with one attached hydrogen (secondary N) is 1. The van der Waals surface area contributed by atoms with Crippen LogP contribution in [0.1, 0.15) is 22.8 Å². The van der Waals surface area contributed by atoms with E-state index in [9.17, 15) is 4.79 Å². The van der Waals surface area contributed by atoms with Gasteiger partial charge in [-0.05, 0) is 30.2 Å². The Morgan fingerprint density at radius 2 is 1.81 bits per heavy atom. The van der Waals surface area contributed by atoms with Crippen LogP contribution in [0.3, 0.4) is 0 Å². The average molecular weight is 350 g/mol. The summed E-state index contributed by atoms with van der Waals surface area (Å²) in [5.74, 6) is 1.20. The van der Waals surface area contributed by atoms with Crippen molar-refractivity contribution in [3.63, 3.8) is 0 Å². The van der Waals surface area contributed by atoms with Crippen LogP contribution in [0.4, 0.5) is 5.88 Å². The number of rotatable bonds is 4. The van der Waals surface area contributed by atoms with E-state index in [1.165, 1.54) is 5.56 Å². The maximum atomic E-state index is 12.4. The van der Waals surface area contributed by atoms with E-state index < -0.39 is 0 Å². The molecule has 0 saturated carbocycles. The van der Waals surface area contributed by atoms with Gasteiger partial charge in [0.05, 0.1) is 0 Å². The number of nitrogens with zero attached hydrogens (tertiary/aromatic N) is 1. The molecule has 1 N–H and O–H groups in total. The smallest absolute Gasteiger partial charge is 0.258 e. The minimum absolute atomic E-state index is 0.291. The van der Waals surface area contributed by atoms with Gasteiger partial charge in [0.25, 0.3) is 5.91 Å². The standard InChI is InChI=1S/C20H18N2O4/c1-2-13-3-5-14(6-4-13)16-12-19(26-22-16)21-20(23)15-7-8-17-18(11-15)25-10-9-24-17/h3-8,11-12H,2,9-10H2,1H3,(H,21,23). The average Bonchev–Trinajstić information content (AvgIpc) is 3.16. The molecule has 1 aliphatic rings. The van der Waals surface area contributed by atoms with Crippen LogP contribution < -0.4 is 14.8 Å². The molecule has 132 valence electrons. The zero-order chi connectivity index (χ0) is 17.9. The van der Waals surface area contributed by atoms with Crippen LogP contribution in [0.2, 0.25) is 0 Å². The Balaban J connectivity index is 1.49. The van der Waals surface area contributed by atoms with Crippen LogP contribution in [0.5, 0.6) is 11.5 Å². The summed E-state index contributed by atoms with van der Waals surface area (Å²) in [7, 11) is 0. The van der Waals surface area contributed by atoms with Crippen molar-refractivity contribution in [2.45, 2.75) is 13.3 Å². The Kier molecular flexibility index (Phi) is 4.31. The van der Waals surface area contributed by atoms with Crippen molar-refractivity contribution in [2.24, 2.45) is 0 Å². The number of hydrogen-bond donors (Lipinski definition) is 1. The second-order valence-electron chi connectivity index (χ2n) is 5.94. The molecule has 1 aliphatic heterocycles. The van der Waals surface area contributed by atoms with Crippen LogP contribution in [0.25, 0.3) is 11.3 Å². The lowest BCUT2D eigenvalue weighted by molar-refractivity contribution is 0.102. The van der Waals surface area contributed by atoms with Gasteiger partial charge in [0.1, 0.15) is 18.9 Å². The Labute approximate surface area is 150 Å². The Morgan fingerprint density at radius 3 is 2.58 bits per heavy atom. The Hall–Kier alpha value is -3.28. The van der Waals surface area contributed by atoms with Crippen LogP contribution in [-0.4, -0.2) is 24.3 Å². The number of aromatic nitrogens is 1. The molecule has 4 rings (SSSR count). The van der Waals surface area contributed by atoms with Crippen molar-refractivity contribution in [1.82, 2.24) is 5.16 Å². The van der Waals surface area contributed by atoms with Crippen LogP contribution in [-0.2, 0) is 6.42 Å². The number of carbonyl (C=O) groups is 1. The minimum Gasteiger partial charge on any atom is -0.486 e. The highest BCUT2D eigenvalue weighted by molar-refractivity contribution is 6.04. The first-order valence-electron chi connectivity index (χ1n) is 8.50. The molecule has 6 heteroatoms. The van der Waals surface area contributed by atoms with E-state index >= 15 is 0 Å². The number of anilines is 1. The molecule has 0 fully saturated rings. The van der Waals surface area contributed by atoms with Crippen molar-refractivity contribution in [2.75, 3.05) is 18.5 Å². The summed E-state index contributed by atoms with van der Waals surface area (Å²) in [4.78, 5) is 12.4. The fourth-order valence-electron chi connectivity index (χ4n) is 2.75. The Morgan fingerprint density at radius 1 is 1.04 bits per heavy atom. The minimum atomic E-state index is -0.300. The number of ether oxygens (including phenoxy) is 2. The van der Waals surface area contributed by atoms with Gasteiger partial charge >= 0.3 is 0 Å². The topological polar surface area (TPSA) is 73.6 Å². The summed E-state index contributed by atoms with van der Waals surface area (Å²) < 4.78 is 16.2. The van der Waals surface area contributed by atoms with Gasteiger partial charge < -0.3 is 14.0 Å². The number of fused-ring (bicyclic) bond motifs is 1. The molecular weight excluding hydrogens is 332 g/mol. The molecule has 26 heavy (non-hydrogen) atoms. The third-order valence-electron chi connectivity index (χ3n) is 4.21. The second-order valence-corrected chi connectivity index (χ2v) is 5.94. The van der Waals surface area contributed by atoms with E-state index in [4.69, 9.17) is 14.0 Å². The summed E-state index contributed by atoms with van der Waals surface area (Å²) in [6, 6.07) is 14.9. The van der Waals surface area contributed by atoms with Gasteiger partial charge in [0.15, 0.2) is 11.5 Å².